The van der Waals surface area contributed by atoms with Gasteiger partial charge in [0.1, 0.15) is 35.5 Å². The third-order valence-corrected chi connectivity index (χ3v) is 7.85. The zero-order valence-corrected chi connectivity index (χ0v) is 21.7. The summed E-state index contributed by atoms with van der Waals surface area (Å²) in [6, 6.07) is 10.7. The summed E-state index contributed by atoms with van der Waals surface area (Å²) < 4.78 is 22.9. The number of aromatic nitrogens is 6. The molecule has 0 spiro atoms. The molecule has 40 heavy (non-hydrogen) atoms. The van der Waals surface area contributed by atoms with E-state index < -0.39 is 5.82 Å². The van der Waals surface area contributed by atoms with E-state index in [1.54, 1.807) is 28.9 Å². The van der Waals surface area contributed by atoms with Crippen molar-refractivity contribution in [3.05, 3.63) is 85.0 Å². The number of halogens is 1. The average molecular weight is 537 g/mol. The smallest absolute Gasteiger partial charge is 0.246 e. The summed E-state index contributed by atoms with van der Waals surface area (Å²) in [4.78, 5) is 32.2. The number of carbonyl (C=O) groups is 1. The number of fused-ring (bicyclic) bond motifs is 4. The Balaban J connectivity index is 1.17. The Hall–Kier alpha value is -4.93. The highest BCUT2D eigenvalue weighted by molar-refractivity contribution is 5.89. The summed E-state index contributed by atoms with van der Waals surface area (Å²) in [6.45, 7) is 5.51. The fraction of sp³-hybridized carbons (Fsp3) is 0.241. The first-order valence-electron chi connectivity index (χ1n) is 13.1. The molecular weight excluding hydrogens is 511 g/mol. The first kappa shape index (κ1) is 24.1. The molecule has 7 rings (SSSR count). The molecule has 2 aliphatic rings. The Kier molecular flexibility index (Phi) is 5.65. The number of nitrogens with zero attached hydrogens (tertiary/aromatic N) is 7. The molecule has 11 heteroatoms. The first-order chi connectivity index (χ1) is 19.5. The maximum absolute atomic E-state index is 15.3. The lowest BCUT2D eigenvalue weighted by Gasteiger charge is -2.23. The van der Waals surface area contributed by atoms with Crippen LogP contribution in [0.25, 0.3) is 16.7 Å². The van der Waals surface area contributed by atoms with E-state index in [-0.39, 0.29) is 29.6 Å². The quantitative estimate of drug-likeness (QED) is 0.299. The first-order valence-corrected chi connectivity index (χ1v) is 13.1. The van der Waals surface area contributed by atoms with Crippen LogP contribution in [-0.4, -0.2) is 52.4 Å². The number of pyridine rings is 2. The molecule has 1 aromatic carbocycles. The molecule has 2 fully saturated rings. The molecule has 6 heterocycles. The summed E-state index contributed by atoms with van der Waals surface area (Å²) in [5, 5.41) is 7.18. The molecule has 0 unspecified atom stereocenters. The number of anilines is 2. The monoisotopic (exact) mass is 536 g/mol. The van der Waals surface area contributed by atoms with Crippen molar-refractivity contribution in [2.45, 2.75) is 44.2 Å². The average Bonchev–Trinajstić information content (AvgIpc) is 3.70. The lowest BCUT2D eigenvalue weighted by Crippen LogP contribution is -2.34. The van der Waals surface area contributed by atoms with Crippen LogP contribution in [0, 0.1) is 12.7 Å². The maximum Gasteiger partial charge on any atom is 0.246 e. The van der Waals surface area contributed by atoms with Gasteiger partial charge in [-0.2, -0.15) is 5.10 Å². The standard InChI is InChI=1S/C29H25FN8O2/c1-3-27(39)38-17-4-7-24(38)19(11-17)21-5-6-22-28(35-21)29(33-14-31-22)36-23-10-16(2)25(13-20(23)30)40-18-8-9-37-26(12-18)32-15-34-37/h3,5-6,8-10,12-15,17,19,24H,1,4,7,11H2,2H3,(H,31,33,36)/t17-,19+,24+/m1/s1. The maximum atomic E-state index is 15.3. The largest absolute Gasteiger partial charge is 0.457 e. The van der Waals surface area contributed by atoms with E-state index >= 15 is 4.39 Å². The van der Waals surface area contributed by atoms with Gasteiger partial charge in [0.05, 0.1) is 11.2 Å². The van der Waals surface area contributed by atoms with E-state index in [9.17, 15) is 4.79 Å². The number of aryl methyl sites for hydroxylation is 1. The topological polar surface area (TPSA) is 110 Å². The highest BCUT2D eigenvalue weighted by Gasteiger charge is 2.48. The van der Waals surface area contributed by atoms with Crippen LogP contribution in [0.15, 0.2) is 67.9 Å². The van der Waals surface area contributed by atoms with Crippen molar-refractivity contribution < 1.29 is 13.9 Å². The molecule has 3 atom stereocenters. The molecule has 200 valence electrons. The van der Waals surface area contributed by atoms with Gasteiger partial charge in [-0.1, -0.05) is 6.58 Å². The van der Waals surface area contributed by atoms with Crippen molar-refractivity contribution in [3.8, 4) is 11.5 Å². The van der Waals surface area contributed by atoms with Crippen molar-refractivity contribution in [2.75, 3.05) is 5.32 Å². The molecule has 2 aliphatic heterocycles. The minimum Gasteiger partial charge on any atom is -0.457 e. The Morgan fingerprint density at radius 2 is 2.05 bits per heavy atom. The van der Waals surface area contributed by atoms with E-state index in [0.717, 1.165) is 30.5 Å². The Morgan fingerprint density at radius 1 is 1.15 bits per heavy atom. The molecule has 2 saturated heterocycles. The molecule has 1 N–H and O–H groups in total. The minimum atomic E-state index is -0.501. The van der Waals surface area contributed by atoms with E-state index in [1.165, 1.54) is 24.8 Å². The lowest BCUT2D eigenvalue weighted by atomic mass is 9.86. The predicted octanol–water partition coefficient (Wildman–Crippen LogP) is 5.08. The summed E-state index contributed by atoms with van der Waals surface area (Å²) in [7, 11) is 0. The number of hydrogen-bond acceptors (Lipinski definition) is 8. The van der Waals surface area contributed by atoms with E-state index in [0.29, 0.717) is 34.0 Å². The van der Waals surface area contributed by atoms with Crippen molar-refractivity contribution in [2.24, 2.45) is 0 Å². The number of amides is 1. The summed E-state index contributed by atoms with van der Waals surface area (Å²) in [5.41, 5.74) is 3.66. The number of carbonyl (C=O) groups excluding carboxylic acids is 1. The fourth-order valence-corrected chi connectivity index (χ4v) is 5.99. The summed E-state index contributed by atoms with van der Waals surface area (Å²) >= 11 is 0. The SMILES string of the molecule is C=CC(=O)N1[C@@H]2CC[C@H]1[C@H](c1ccc3ncnc(Nc4cc(C)c(Oc5ccn6ncnc6c5)cc4F)c3n1)C2. The molecule has 0 saturated carbocycles. The highest BCUT2D eigenvalue weighted by atomic mass is 19.1. The second-order valence-corrected chi connectivity index (χ2v) is 10.2. The lowest BCUT2D eigenvalue weighted by molar-refractivity contribution is -0.127. The number of benzene rings is 1. The molecule has 0 radical (unpaired) electrons. The van der Waals surface area contributed by atoms with Gasteiger partial charge >= 0.3 is 0 Å². The number of ether oxygens (including phenoxy) is 1. The van der Waals surface area contributed by atoms with Crippen molar-refractivity contribution >= 4 is 34.1 Å². The number of hydrogen-bond donors (Lipinski definition) is 1. The van der Waals surface area contributed by atoms with Crippen molar-refractivity contribution in [1.82, 2.24) is 34.4 Å². The Labute approximate surface area is 228 Å². The van der Waals surface area contributed by atoms with Crippen molar-refractivity contribution in [3.63, 3.8) is 0 Å². The Morgan fingerprint density at radius 3 is 2.92 bits per heavy atom. The van der Waals surface area contributed by atoms with Gasteiger partial charge in [0.25, 0.3) is 0 Å². The van der Waals surface area contributed by atoms with Crippen LogP contribution in [0.1, 0.15) is 36.4 Å². The zero-order chi connectivity index (χ0) is 27.4. The van der Waals surface area contributed by atoms with Crippen LogP contribution >= 0.6 is 0 Å². The second-order valence-electron chi connectivity index (χ2n) is 10.2. The number of nitrogens with one attached hydrogen (secondary N) is 1. The third-order valence-electron chi connectivity index (χ3n) is 7.85. The van der Waals surface area contributed by atoms with E-state index in [4.69, 9.17) is 9.72 Å². The van der Waals surface area contributed by atoms with Gasteiger partial charge in [0.2, 0.25) is 5.91 Å². The summed E-state index contributed by atoms with van der Waals surface area (Å²) in [6.07, 6.45) is 8.80. The molecule has 4 aromatic heterocycles. The number of rotatable bonds is 6. The molecule has 5 aromatic rings. The van der Waals surface area contributed by atoms with E-state index in [1.807, 2.05) is 24.0 Å². The third kappa shape index (κ3) is 4.01. The van der Waals surface area contributed by atoms with Crippen LogP contribution < -0.4 is 10.1 Å². The molecule has 0 aliphatic carbocycles. The van der Waals surface area contributed by atoms with Gasteiger partial charge in [-0.05, 0) is 62.1 Å². The zero-order valence-electron chi connectivity index (χ0n) is 21.7. The molecular formula is C29H25FN8O2. The van der Waals surface area contributed by atoms with Gasteiger partial charge in [0, 0.05) is 42.0 Å². The van der Waals surface area contributed by atoms with Gasteiger partial charge < -0.3 is 15.0 Å². The van der Waals surface area contributed by atoms with Gasteiger partial charge in [-0.15, -0.1) is 0 Å². The predicted molar refractivity (Wildman–Crippen MR) is 146 cm³/mol. The van der Waals surface area contributed by atoms with Gasteiger partial charge in [-0.3, -0.25) is 4.79 Å². The van der Waals surface area contributed by atoms with E-state index in [2.05, 4.69) is 31.9 Å². The molecule has 2 bridgehead atoms. The van der Waals surface area contributed by atoms with Gasteiger partial charge in [0.15, 0.2) is 11.5 Å². The van der Waals surface area contributed by atoms with Crippen LogP contribution in [0.4, 0.5) is 15.9 Å². The molecule has 1 amide bonds. The van der Waals surface area contributed by atoms with Crippen LogP contribution in [0.3, 0.4) is 0 Å². The highest BCUT2D eigenvalue weighted by Crippen LogP contribution is 2.46. The molecule has 10 nitrogen and oxygen atoms in total. The van der Waals surface area contributed by atoms with Crippen molar-refractivity contribution in [1.29, 1.82) is 0 Å². The summed E-state index contributed by atoms with van der Waals surface area (Å²) in [5.74, 6) is 0.898. The van der Waals surface area contributed by atoms with Crippen LogP contribution in [0.5, 0.6) is 11.5 Å². The van der Waals surface area contributed by atoms with Gasteiger partial charge in [-0.25, -0.2) is 28.8 Å². The second kappa shape index (κ2) is 9.37. The minimum absolute atomic E-state index is 0.0289. The van der Waals surface area contributed by atoms with Crippen LogP contribution in [-0.2, 0) is 4.79 Å². The fourth-order valence-electron chi connectivity index (χ4n) is 5.99. The van der Waals surface area contributed by atoms with Crippen LogP contribution in [0.2, 0.25) is 0 Å². The normalized spacial score (nSPS) is 19.9. The Bertz CT molecular complexity index is 1800.